The second kappa shape index (κ2) is 18.7. The van der Waals surface area contributed by atoms with Crippen molar-refractivity contribution in [2.45, 2.75) is 12.8 Å². The van der Waals surface area contributed by atoms with Gasteiger partial charge in [-0.05, 0) is 12.1 Å². The third kappa shape index (κ3) is 10.8. The van der Waals surface area contributed by atoms with E-state index in [1.54, 1.807) is 12.1 Å². The first kappa shape index (κ1) is 33.6. The minimum atomic E-state index is -0.192. The molecule has 0 spiro atoms. The quantitative estimate of drug-likeness (QED) is 0.277. The van der Waals surface area contributed by atoms with Crippen LogP contribution in [0.2, 0.25) is 0 Å². The van der Waals surface area contributed by atoms with Gasteiger partial charge in [0.15, 0.2) is 0 Å². The van der Waals surface area contributed by atoms with Gasteiger partial charge in [-0.3, -0.25) is 0 Å². The Morgan fingerprint density at radius 3 is 1.33 bits per heavy atom. The van der Waals surface area contributed by atoms with Crippen LogP contribution in [0.4, 0.5) is 8.78 Å². The van der Waals surface area contributed by atoms with Crippen molar-refractivity contribution in [3.63, 3.8) is 0 Å². The predicted octanol–water partition coefficient (Wildman–Crippen LogP) is 7.31. The van der Waals surface area contributed by atoms with Crippen LogP contribution in [0, 0.1) is 38.6 Å². The molecule has 2 aliphatic carbocycles. The Hall–Kier alpha value is -1.06. The summed E-state index contributed by atoms with van der Waals surface area (Å²) in [6.45, 7) is 3.06. The molecule has 2 aromatic carbocycles. The van der Waals surface area contributed by atoms with Crippen LogP contribution in [0.25, 0.3) is 11.1 Å². The Morgan fingerprint density at radius 1 is 0.700 bits per heavy atom. The van der Waals surface area contributed by atoms with Crippen LogP contribution in [-0.2, 0) is 23.3 Å². The summed E-state index contributed by atoms with van der Waals surface area (Å²) in [5.41, 5.74) is 3.80. The number of hydrogen-bond acceptors (Lipinski definition) is 0. The summed E-state index contributed by atoms with van der Waals surface area (Å²) in [5, 5.41) is 0. The first-order valence-electron chi connectivity index (χ1n) is 8.04. The molecule has 6 heteroatoms. The van der Waals surface area contributed by atoms with Crippen molar-refractivity contribution in [1.82, 2.24) is 0 Å². The van der Waals surface area contributed by atoms with Gasteiger partial charge in [0.05, 0.1) is 0 Å². The molecule has 0 heterocycles. The Morgan fingerprint density at radius 2 is 1.07 bits per heavy atom. The molecule has 2 aliphatic rings. The molecule has 0 aromatic heterocycles. The number of halogens is 4. The van der Waals surface area contributed by atoms with E-state index in [0.29, 0.717) is 0 Å². The van der Waals surface area contributed by atoms with Crippen LogP contribution in [0.15, 0.2) is 72.8 Å². The Kier molecular flexibility index (Phi) is 20.9. The van der Waals surface area contributed by atoms with Gasteiger partial charge in [-0.15, -0.1) is 60.2 Å². The average Bonchev–Trinajstić information content (AvgIpc) is 3.38. The molecule has 0 aliphatic heterocycles. The second-order valence-corrected chi connectivity index (χ2v) is 5.41. The molecule has 2 radical (unpaired) electrons. The van der Waals surface area contributed by atoms with Crippen LogP contribution in [0.5, 0.6) is 0 Å². The average molecular weight is 541 g/mol. The summed E-state index contributed by atoms with van der Waals surface area (Å²) >= 11 is 1.36. The molecule has 0 saturated carbocycles. The van der Waals surface area contributed by atoms with Crippen LogP contribution in [-0.4, -0.2) is 6.88 Å². The molecule has 30 heavy (non-hydrogen) atoms. The van der Waals surface area contributed by atoms with E-state index < -0.39 is 0 Å². The van der Waals surface area contributed by atoms with Crippen molar-refractivity contribution in [2.24, 2.45) is 0 Å². The fourth-order valence-electron chi connectivity index (χ4n) is 2.52. The third-order valence-electron chi connectivity index (χ3n) is 3.66. The topological polar surface area (TPSA) is 0 Å². The van der Waals surface area contributed by atoms with Gasteiger partial charge in [-0.2, -0.15) is 35.5 Å². The van der Waals surface area contributed by atoms with Crippen molar-refractivity contribution in [3.8, 4) is 0 Å². The predicted molar refractivity (Wildman–Crippen MR) is 127 cm³/mol. The molecule has 4 rings (SSSR count). The van der Waals surface area contributed by atoms with Crippen LogP contribution >= 0.6 is 24.8 Å². The molecule has 0 amide bonds. The molecular formula is C24H24Cl2F2SiZr-4. The first-order valence-corrected chi connectivity index (χ1v) is 12.2. The van der Waals surface area contributed by atoms with Gasteiger partial charge in [0.2, 0.25) is 0 Å². The Balaban J connectivity index is -0.000000400. The summed E-state index contributed by atoms with van der Waals surface area (Å²) in [5.74, 6) is -0.385. The Bertz CT molecular complexity index is 806. The molecule has 160 valence electrons. The second-order valence-electron chi connectivity index (χ2n) is 5.41. The molecule has 0 atom stereocenters. The van der Waals surface area contributed by atoms with Gasteiger partial charge in [0.1, 0.15) is 11.6 Å². The fourth-order valence-corrected chi connectivity index (χ4v) is 2.52. The summed E-state index contributed by atoms with van der Waals surface area (Å²) in [6.07, 6.45) is 15.9. The van der Waals surface area contributed by atoms with Gasteiger partial charge in [0.25, 0.3) is 0 Å². The Labute approximate surface area is 209 Å². The molecule has 0 saturated heterocycles. The van der Waals surface area contributed by atoms with Gasteiger partial charge in [0, 0.05) is 0 Å². The van der Waals surface area contributed by atoms with E-state index in [2.05, 4.69) is 19.0 Å². The van der Waals surface area contributed by atoms with Crippen LogP contribution < -0.4 is 0 Å². The van der Waals surface area contributed by atoms with Gasteiger partial charge < -0.3 is 14.9 Å². The molecule has 2 aromatic rings. The maximum absolute atomic E-state index is 12.8. The van der Waals surface area contributed by atoms with Crippen molar-refractivity contribution >= 4 is 42.8 Å². The van der Waals surface area contributed by atoms with Crippen molar-refractivity contribution < 1.29 is 32.1 Å². The summed E-state index contributed by atoms with van der Waals surface area (Å²) in [7, 11) is 0. The van der Waals surface area contributed by atoms with Gasteiger partial charge in [-0.25, -0.2) is 8.78 Å². The van der Waals surface area contributed by atoms with E-state index in [0.717, 1.165) is 35.1 Å². The number of hydrogen-bond donors (Lipinski definition) is 0. The van der Waals surface area contributed by atoms with Gasteiger partial charge in [-0.1, -0.05) is 37.1 Å². The number of rotatable bonds is 2. The van der Waals surface area contributed by atoms with Crippen molar-refractivity contribution in [3.05, 3.63) is 123 Å². The number of allylic oxidation sites excluding steroid dienone is 8. The number of benzene rings is 2. The van der Waals surface area contributed by atoms with E-state index in [-0.39, 0.29) is 51.3 Å². The summed E-state index contributed by atoms with van der Waals surface area (Å²) in [6, 6.07) is 13.2. The maximum atomic E-state index is 12.8. The standard InChI is InChI=1S/2C11H8F.2CH3.2ClH.Si.Zr/c2*12-11-7-3-6-10(8-11)9-4-1-2-5-9;;;;;;/h2*1,3-4,6-8H,2H2;2*1H3;2*1H;;/q4*-1;;;;. The molecule has 0 N–H and O–H groups in total. The van der Waals surface area contributed by atoms with Crippen LogP contribution in [0.3, 0.4) is 0 Å². The summed E-state index contributed by atoms with van der Waals surface area (Å²) < 4.78 is 25.5. The molecular weight excluding hydrogens is 516 g/mol. The molecule has 0 fully saturated rings. The van der Waals surface area contributed by atoms with E-state index in [1.807, 2.05) is 36.4 Å². The first-order chi connectivity index (χ1) is 12.7. The zero-order valence-corrected chi connectivity index (χ0v) is 22.0. The minimum absolute atomic E-state index is 0. The summed E-state index contributed by atoms with van der Waals surface area (Å²) in [4.78, 5) is 0. The van der Waals surface area contributed by atoms with E-state index >= 15 is 0 Å². The third-order valence-corrected chi connectivity index (χ3v) is 3.66. The fraction of sp³-hybridized carbons (Fsp3) is 0.0833. The van der Waals surface area contributed by atoms with Crippen LogP contribution in [0.1, 0.15) is 24.0 Å². The van der Waals surface area contributed by atoms with Crippen molar-refractivity contribution in [1.29, 1.82) is 0 Å². The monoisotopic (exact) mass is 538 g/mol. The normalized spacial score (nSPS) is 12.0. The zero-order chi connectivity index (χ0) is 18.8. The molecule has 0 bridgehead atoms. The van der Waals surface area contributed by atoms with E-state index in [9.17, 15) is 8.78 Å². The van der Waals surface area contributed by atoms with E-state index in [1.165, 1.54) is 47.6 Å². The van der Waals surface area contributed by atoms with Crippen molar-refractivity contribution in [2.75, 3.05) is 0 Å². The SMILES string of the molecule is Cl.Cl.Fc1cccc(C2=[C-]CC=C2)c1.Fc1cccc(C2=[C-]CC=C2)c1.[CH3-].[CH3-].[Si]=[Zr]. The van der Waals surface area contributed by atoms with Gasteiger partial charge >= 0.3 is 30.2 Å². The molecule has 0 nitrogen and oxygen atoms in total. The zero-order valence-electron chi connectivity index (χ0n) is 16.9. The molecule has 0 unspecified atom stereocenters. The van der Waals surface area contributed by atoms with E-state index in [4.69, 9.17) is 0 Å².